The molecule has 0 bridgehead atoms. The number of ketones is 3. The fraction of sp³-hybridized carbons (Fsp3) is 0.195. The SMILES string of the molecule is CC(=O)CC(=O)c1ccncc1.CC(=O)O.CC(C)=O.COC(=O)c1ccncc1.C[O-].Cc1cc(-c2ccncc2)n(-c2ccc(S(N)(=O)=O)cn2)n1.NNc1ccc(S(N)(=O)=O)cn1.[Na+].[O-]O. The number of methoxy groups -OCH3 is 1. The zero-order valence-corrected chi connectivity index (χ0v) is 42.3. The minimum atomic E-state index is -3.76. The topological polar surface area (TPSA) is 422 Å². The molecule has 6 heterocycles. The van der Waals surface area contributed by atoms with Crippen molar-refractivity contribution in [1.82, 2.24) is 34.7 Å². The van der Waals surface area contributed by atoms with Gasteiger partial charge >= 0.3 is 35.5 Å². The maximum Gasteiger partial charge on any atom is 1.00 e. The summed E-state index contributed by atoms with van der Waals surface area (Å²) in [5.41, 5.74) is 5.93. The van der Waals surface area contributed by atoms with E-state index < -0.39 is 26.0 Å². The molecule has 6 rings (SSSR count). The first-order chi connectivity index (χ1) is 32.0. The number of hydrogen-bond donors (Lipinski definition) is 6. The molecule has 0 saturated heterocycles. The van der Waals surface area contributed by atoms with E-state index in [0.717, 1.165) is 37.2 Å². The minimum Gasteiger partial charge on any atom is -0.857 e. The summed E-state index contributed by atoms with van der Waals surface area (Å²) in [6.07, 6.45) is 11.9. The van der Waals surface area contributed by atoms with Crippen LogP contribution in [0.25, 0.3) is 17.1 Å². The van der Waals surface area contributed by atoms with Crippen molar-refractivity contribution in [2.75, 3.05) is 19.6 Å². The molecule has 0 saturated carbocycles. The van der Waals surface area contributed by atoms with E-state index in [2.05, 4.69) is 40.2 Å². The third kappa shape index (κ3) is 29.7. The summed E-state index contributed by atoms with van der Waals surface area (Å²) in [6.45, 7) is 7.42. The summed E-state index contributed by atoms with van der Waals surface area (Å²) in [5.74, 6) is 4.64. The second-order valence-corrected chi connectivity index (χ2v) is 15.6. The molecule has 0 spiro atoms. The smallest absolute Gasteiger partial charge is 0.857 e. The van der Waals surface area contributed by atoms with Crippen LogP contribution in [0.15, 0.2) is 126 Å². The molecule has 368 valence electrons. The number of nitrogens with one attached hydrogen (secondary N) is 1. The van der Waals surface area contributed by atoms with E-state index in [9.17, 15) is 36.0 Å². The Morgan fingerprint density at radius 2 is 1.12 bits per heavy atom. The number of carbonyl (C=O) groups excluding carboxylic acids is 4. The number of hydrazine groups is 1. The quantitative estimate of drug-likeness (QED) is 0.0172. The molecular weight excluding hydrogens is 958 g/mol. The number of pyridine rings is 5. The van der Waals surface area contributed by atoms with Gasteiger partial charge in [-0.3, -0.25) is 29.3 Å². The van der Waals surface area contributed by atoms with Crippen molar-refractivity contribution in [2.24, 2.45) is 16.1 Å². The third-order valence-electron chi connectivity index (χ3n) is 6.80. The maximum atomic E-state index is 11.3. The molecule has 0 atom stereocenters. The van der Waals surface area contributed by atoms with E-state index in [1.54, 1.807) is 59.8 Å². The summed E-state index contributed by atoms with van der Waals surface area (Å²) >= 11 is 0. The molecule has 0 aliphatic rings. The summed E-state index contributed by atoms with van der Waals surface area (Å²) in [6, 6.07) is 17.8. The van der Waals surface area contributed by atoms with Crippen LogP contribution in [-0.2, 0) is 39.2 Å². The van der Waals surface area contributed by atoms with E-state index in [4.69, 9.17) is 41.6 Å². The molecule has 9 N–H and O–H groups in total. The van der Waals surface area contributed by atoms with Crippen LogP contribution in [0.3, 0.4) is 0 Å². The van der Waals surface area contributed by atoms with Gasteiger partial charge in [0.25, 0.3) is 5.97 Å². The van der Waals surface area contributed by atoms with Crippen LogP contribution in [-0.4, -0.2) is 105 Å². The maximum absolute atomic E-state index is 11.3. The molecule has 0 radical (unpaired) electrons. The largest absolute Gasteiger partial charge is 1.00 e. The summed E-state index contributed by atoms with van der Waals surface area (Å²) in [4.78, 5) is 70.3. The Balaban J connectivity index is -0.000000807. The van der Waals surface area contributed by atoms with E-state index in [0.29, 0.717) is 22.8 Å². The molecule has 0 aromatic carbocycles. The zero-order valence-electron chi connectivity index (χ0n) is 38.6. The minimum absolute atomic E-state index is 0. The summed E-state index contributed by atoms with van der Waals surface area (Å²) in [7, 11) is -5.32. The molecule has 6 aromatic heterocycles. The summed E-state index contributed by atoms with van der Waals surface area (Å²) < 4.78 is 50.1. The van der Waals surface area contributed by atoms with Crippen LogP contribution >= 0.6 is 0 Å². The van der Waals surface area contributed by atoms with Crippen molar-refractivity contribution in [3.63, 3.8) is 0 Å². The van der Waals surface area contributed by atoms with E-state index in [-0.39, 0.29) is 69.1 Å². The van der Waals surface area contributed by atoms with Gasteiger partial charge in [0.1, 0.15) is 27.2 Å². The van der Waals surface area contributed by atoms with Gasteiger partial charge in [0.05, 0.1) is 30.5 Å². The van der Waals surface area contributed by atoms with Crippen LogP contribution < -0.4 is 61.5 Å². The zero-order chi connectivity index (χ0) is 52.5. The fourth-order valence-corrected chi connectivity index (χ4v) is 5.09. The monoisotopic (exact) mass is 1010 g/mol. The van der Waals surface area contributed by atoms with Crippen molar-refractivity contribution in [2.45, 2.75) is 50.8 Å². The van der Waals surface area contributed by atoms with Crippen molar-refractivity contribution in [3.05, 3.63) is 133 Å². The molecule has 6 aromatic rings. The average Bonchev–Trinajstić information content (AvgIpc) is 3.72. The molecule has 0 aliphatic heterocycles. The van der Waals surface area contributed by atoms with Gasteiger partial charge in [0.2, 0.25) is 20.0 Å². The van der Waals surface area contributed by atoms with Crippen LogP contribution in [0.2, 0.25) is 0 Å². The number of carboxylic acid groups (broad SMARTS) is 1. The standard InChI is InChI=1S/C14H13N5O2S.C9H9NO2.C7H7NO2.C5H8N4O2S.C3H6O.C2H4O2.CH3O.Na.H2O2/c1-10-8-13(11-4-6-16-7-5-11)19(18-10)14-3-2-12(9-17-14)22(15,20)21;1-7(11)6-9(12)8-2-4-10-5-3-8;1-10-7(9)6-2-4-8-5-3-6;6-9-5-2-1-4(3-8-5)12(7,10)11;1-3(2)4;1-2(3)4;1-2;;1-2/h2-9H,1H3,(H2,15,20,21);2-5H,6H2,1H3;2-5H,1H3;1-3H,6H2,(H,8,9)(H2,7,10,11);1-2H3;1H3,(H,3,4);1H3;;1-2H/q;;;;;;-1;+1;/p-1. The molecular formula is C41H51N11NaO14S2-. The number of nitrogen functional groups attached to an aromatic ring is 1. The summed E-state index contributed by atoms with van der Waals surface area (Å²) in [5, 5.41) is 43.0. The number of nitrogens with zero attached hydrogens (tertiary/aromatic N) is 7. The van der Waals surface area contributed by atoms with Gasteiger partial charge < -0.3 is 35.7 Å². The van der Waals surface area contributed by atoms with Crippen LogP contribution in [0.1, 0.15) is 60.5 Å². The Morgan fingerprint density at radius 3 is 1.46 bits per heavy atom. The van der Waals surface area contributed by atoms with Gasteiger partial charge in [0, 0.05) is 67.6 Å². The molecule has 0 amide bonds. The average molecular weight is 1010 g/mol. The normalized spacial score (nSPS) is 9.46. The number of esters is 1. The van der Waals surface area contributed by atoms with Gasteiger partial charge in [-0.25, -0.2) is 52.4 Å². The van der Waals surface area contributed by atoms with Crippen LogP contribution in [0.5, 0.6) is 0 Å². The molecule has 69 heavy (non-hydrogen) atoms. The first-order valence-corrected chi connectivity index (χ1v) is 21.7. The Morgan fingerprint density at radius 1 is 0.710 bits per heavy atom. The number of primary sulfonamides is 2. The van der Waals surface area contributed by atoms with Gasteiger partial charge in [-0.1, -0.05) is 0 Å². The van der Waals surface area contributed by atoms with Crippen LogP contribution in [0.4, 0.5) is 5.82 Å². The van der Waals surface area contributed by atoms with Crippen molar-refractivity contribution in [3.8, 4) is 17.1 Å². The van der Waals surface area contributed by atoms with Gasteiger partial charge in [0.15, 0.2) is 11.6 Å². The molecule has 0 fully saturated rings. The number of rotatable bonds is 9. The predicted molar refractivity (Wildman–Crippen MR) is 242 cm³/mol. The first kappa shape index (κ1) is 66.6. The Hall–Kier alpha value is -6.63. The number of sulfonamides is 2. The Bertz CT molecular complexity index is 2630. The Kier molecular flexibility index (Phi) is 35.2. The number of aryl methyl sites for hydroxylation is 1. The Labute approximate surface area is 420 Å². The van der Waals surface area contributed by atoms with E-state index in [1.807, 2.05) is 25.1 Å². The number of nitrogens with two attached hydrogens (primary N) is 3. The predicted octanol–water partition coefficient (Wildman–Crippen LogP) is -2.10. The van der Waals surface area contributed by atoms with Crippen LogP contribution in [0, 0.1) is 6.92 Å². The number of hydrogen-bond acceptors (Lipinski definition) is 21. The number of carbonyl (C=O) groups is 5. The van der Waals surface area contributed by atoms with Crippen molar-refractivity contribution in [1.29, 1.82) is 0 Å². The number of aliphatic carboxylic acids is 1. The number of aromatic nitrogens is 7. The molecule has 0 unspecified atom stereocenters. The van der Waals surface area contributed by atoms with E-state index in [1.165, 1.54) is 64.7 Å². The van der Waals surface area contributed by atoms with Gasteiger partial charge in [-0.15, -0.1) is 0 Å². The second kappa shape index (κ2) is 36.4. The second-order valence-electron chi connectivity index (χ2n) is 12.5. The van der Waals surface area contributed by atoms with Crippen molar-refractivity contribution >= 4 is 55.2 Å². The van der Waals surface area contributed by atoms with E-state index >= 15 is 0 Å². The van der Waals surface area contributed by atoms with Gasteiger partial charge in [-0.05, 0) is 94.4 Å². The van der Waals surface area contributed by atoms with Crippen molar-refractivity contribution < 1.29 is 95.8 Å². The van der Waals surface area contributed by atoms with Gasteiger partial charge in [-0.2, -0.15) is 12.2 Å². The number of carboxylic acids is 1. The molecule has 0 aliphatic carbocycles. The molecule has 28 heteroatoms. The fourth-order valence-electron chi connectivity index (χ4n) is 4.17. The number of ether oxygens (including phenoxy) is 1. The molecule has 25 nitrogen and oxygen atoms in total. The third-order valence-corrected chi connectivity index (χ3v) is 8.60. The number of Topliss-reactive ketones (excluding diaryl/α,β-unsaturated/α-hetero) is 3. The number of anilines is 1. The first-order valence-electron chi connectivity index (χ1n) is 18.6.